The summed E-state index contributed by atoms with van der Waals surface area (Å²) in [6, 6.07) is 17.9. The second kappa shape index (κ2) is 7.96. The van der Waals surface area contributed by atoms with Crippen LogP contribution in [0, 0.1) is 6.92 Å². The average Bonchev–Trinajstić information content (AvgIpc) is 2.84. The number of aryl methyl sites for hydroxylation is 1. The maximum absolute atomic E-state index is 5.91. The number of guanidine groups is 1. The standard InChI is InChI=1S/C17H19N5.HI/c1-13-20-15-9-5-6-10-16(15)22(13)12-11-19-17(18)21-14-7-3-2-4-8-14;/h2-10H,11-12H2,1H3,(H3,18,19,21);1H. The van der Waals surface area contributed by atoms with Crippen molar-refractivity contribution in [1.82, 2.24) is 9.55 Å². The molecule has 0 saturated heterocycles. The molecule has 120 valence electrons. The maximum atomic E-state index is 5.91. The van der Waals surface area contributed by atoms with E-state index >= 15 is 0 Å². The second-order valence-electron chi connectivity index (χ2n) is 5.06. The number of hydrogen-bond donors (Lipinski definition) is 2. The van der Waals surface area contributed by atoms with Crippen LogP contribution in [-0.2, 0) is 6.54 Å². The highest BCUT2D eigenvalue weighted by Crippen LogP contribution is 2.15. The summed E-state index contributed by atoms with van der Waals surface area (Å²) in [5.41, 5.74) is 8.99. The second-order valence-corrected chi connectivity index (χ2v) is 5.06. The smallest absolute Gasteiger partial charge is 0.193 e. The van der Waals surface area contributed by atoms with Crippen LogP contribution in [0.2, 0.25) is 0 Å². The van der Waals surface area contributed by atoms with Crippen LogP contribution in [0.25, 0.3) is 11.0 Å². The Morgan fingerprint density at radius 1 is 1.13 bits per heavy atom. The van der Waals surface area contributed by atoms with Crippen molar-refractivity contribution in [3.05, 3.63) is 60.4 Å². The Hall–Kier alpha value is -2.09. The number of anilines is 1. The SMILES string of the molecule is Cc1nc2ccccc2n1CCN=C(N)Nc1ccccc1.I. The normalized spacial score (nSPS) is 11.3. The van der Waals surface area contributed by atoms with Crippen molar-refractivity contribution in [1.29, 1.82) is 0 Å². The first-order valence-corrected chi connectivity index (χ1v) is 7.28. The van der Waals surface area contributed by atoms with Crippen molar-refractivity contribution in [2.45, 2.75) is 13.5 Å². The van der Waals surface area contributed by atoms with Gasteiger partial charge in [-0.25, -0.2) is 4.98 Å². The van der Waals surface area contributed by atoms with Gasteiger partial charge >= 0.3 is 0 Å². The van der Waals surface area contributed by atoms with E-state index < -0.39 is 0 Å². The van der Waals surface area contributed by atoms with Crippen LogP contribution < -0.4 is 11.1 Å². The number of imidazole rings is 1. The Balaban J connectivity index is 0.00000192. The van der Waals surface area contributed by atoms with E-state index in [1.165, 1.54) is 0 Å². The highest BCUT2D eigenvalue weighted by atomic mass is 127. The van der Waals surface area contributed by atoms with E-state index in [0.29, 0.717) is 12.5 Å². The number of hydrogen-bond acceptors (Lipinski definition) is 2. The molecule has 0 aliphatic heterocycles. The molecule has 3 rings (SSSR count). The van der Waals surface area contributed by atoms with Gasteiger partial charge in [0.2, 0.25) is 0 Å². The molecule has 0 aliphatic rings. The number of nitrogens with two attached hydrogens (primary N) is 1. The molecule has 0 atom stereocenters. The fourth-order valence-electron chi connectivity index (χ4n) is 2.46. The summed E-state index contributed by atoms with van der Waals surface area (Å²) in [4.78, 5) is 8.92. The van der Waals surface area contributed by atoms with E-state index in [-0.39, 0.29) is 24.0 Å². The first kappa shape index (κ1) is 17.3. The predicted octanol–water partition coefficient (Wildman–Crippen LogP) is 3.39. The van der Waals surface area contributed by atoms with Gasteiger partial charge in [-0.1, -0.05) is 30.3 Å². The third kappa shape index (κ3) is 4.22. The summed E-state index contributed by atoms with van der Waals surface area (Å²) >= 11 is 0. The van der Waals surface area contributed by atoms with E-state index in [4.69, 9.17) is 5.73 Å². The number of fused-ring (bicyclic) bond motifs is 1. The van der Waals surface area contributed by atoms with E-state index in [1.807, 2.05) is 55.5 Å². The molecule has 0 spiro atoms. The first-order chi connectivity index (χ1) is 10.7. The monoisotopic (exact) mass is 421 g/mol. The number of benzene rings is 2. The van der Waals surface area contributed by atoms with Gasteiger partial charge in [-0.2, -0.15) is 0 Å². The number of nitrogens with one attached hydrogen (secondary N) is 1. The zero-order chi connectivity index (χ0) is 15.4. The van der Waals surface area contributed by atoms with Crippen molar-refractivity contribution >= 4 is 46.7 Å². The van der Waals surface area contributed by atoms with Gasteiger partial charge in [0.05, 0.1) is 17.6 Å². The maximum Gasteiger partial charge on any atom is 0.193 e. The number of halogens is 1. The Labute approximate surface area is 152 Å². The predicted molar refractivity (Wildman–Crippen MR) is 106 cm³/mol. The van der Waals surface area contributed by atoms with Crippen LogP contribution in [0.1, 0.15) is 5.82 Å². The minimum atomic E-state index is 0. The molecule has 0 unspecified atom stereocenters. The molecule has 1 heterocycles. The molecular weight excluding hydrogens is 401 g/mol. The minimum Gasteiger partial charge on any atom is -0.370 e. The van der Waals surface area contributed by atoms with Gasteiger partial charge in [0.15, 0.2) is 5.96 Å². The van der Waals surface area contributed by atoms with Crippen molar-refractivity contribution in [3.63, 3.8) is 0 Å². The molecule has 0 amide bonds. The van der Waals surface area contributed by atoms with Gasteiger partial charge in [-0.3, -0.25) is 4.99 Å². The molecule has 3 aromatic rings. The van der Waals surface area contributed by atoms with Crippen LogP contribution >= 0.6 is 24.0 Å². The van der Waals surface area contributed by atoms with Crippen molar-refractivity contribution in [2.75, 3.05) is 11.9 Å². The molecule has 0 bridgehead atoms. The topological polar surface area (TPSA) is 68.2 Å². The lowest BCUT2D eigenvalue weighted by atomic mass is 10.3. The van der Waals surface area contributed by atoms with Crippen molar-refractivity contribution in [2.24, 2.45) is 10.7 Å². The molecule has 0 fully saturated rings. The zero-order valence-electron chi connectivity index (χ0n) is 12.9. The van der Waals surface area contributed by atoms with Crippen molar-refractivity contribution < 1.29 is 0 Å². The average molecular weight is 421 g/mol. The number of aliphatic imine (C=N–C) groups is 1. The van der Waals surface area contributed by atoms with E-state index in [9.17, 15) is 0 Å². The summed E-state index contributed by atoms with van der Waals surface area (Å²) in [5.74, 6) is 1.42. The Morgan fingerprint density at radius 2 is 1.83 bits per heavy atom. The van der Waals surface area contributed by atoms with Crippen LogP contribution in [-0.4, -0.2) is 22.1 Å². The van der Waals surface area contributed by atoms with Gasteiger partial charge in [0.25, 0.3) is 0 Å². The Morgan fingerprint density at radius 3 is 2.61 bits per heavy atom. The highest BCUT2D eigenvalue weighted by molar-refractivity contribution is 14.0. The molecule has 0 aliphatic carbocycles. The lowest BCUT2D eigenvalue weighted by molar-refractivity contribution is 0.704. The summed E-state index contributed by atoms with van der Waals surface area (Å²) in [5, 5.41) is 3.08. The lowest BCUT2D eigenvalue weighted by Gasteiger charge is -2.07. The minimum absolute atomic E-state index is 0. The molecule has 3 N–H and O–H groups in total. The zero-order valence-corrected chi connectivity index (χ0v) is 15.3. The summed E-state index contributed by atoms with van der Waals surface area (Å²) < 4.78 is 2.16. The molecule has 0 saturated carbocycles. The fraction of sp³-hybridized carbons (Fsp3) is 0.176. The summed E-state index contributed by atoms with van der Waals surface area (Å²) in [7, 11) is 0. The third-order valence-corrected chi connectivity index (χ3v) is 3.50. The Bertz CT molecular complexity index is 795. The number of para-hydroxylation sites is 3. The Kier molecular flexibility index (Phi) is 5.97. The van der Waals surface area contributed by atoms with Crippen molar-refractivity contribution in [3.8, 4) is 0 Å². The van der Waals surface area contributed by atoms with E-state index in [1.54, 1.807) is 0 Å². The molecular formula is C17H20IN5. The molecule has 0 radical (unpaired) electrons. The number of nitrogens with zero attached hydrogens (tertiary/aromatic N) is 3. The quantitative estimate of drug-likeness (QED) is 0.386. The van der Waals surface area contributed by atoms with Gasteiger partial charge in [-0.05, 0) is 31.2 Å². The largest absolute Gasteiger partial charge is 0.370 e. The third-order valence-electron chi connectivity index (χ3n) is 3.50. The molecule has 5 nitrogen and oxygen atoms in total. The van der Waals surface area contributed by atoms with Gasteiger partial charge in [0, 0.05) is 12.2 Å². The molecule has 23 heavy (non-hydrogen) atoms. The molecule has 2 aromatic carbocycles. The van der Waals surface area contributed by atoms with Crippen LogP contribution in [0.4, 0.5) is 5.69 Å². The van der Waals surface area contributed by atoms with E-state index in [2.05, 4.69) is 25.9 Å². The summed E-state index contributed by atoms with van der Waals surface area (Å²) in [6.07, 6.45) is 0. The van der Waals surface area contributed by atoms with Gasteiger partial charge < -0.3 is 15.6 Å². The van der Waals surface area contributed by atoms with E-state index in [0.717, 1.165) is 29.1 Å². The molecule has 1 aromatic heterocycles. The summed E-state index contributed by atoms with van der Waals surface area (Å²) in [6.45, 7) is 3.37. The van der Waals surface area contributed by atoms with Gasteiger partial charge in [0.1, 0.15) is 5.82 Å². The highest BCUT2D eigenvalue weighted by Gasteiger charge is 2.05. The van der Waals surface area contributed by atoms with Crippen LogP contribution in [0.3, 0.4) is 0 Å². The fourth-order valence-corrected chi connectivity index (χ4v) is 2.46. The first-order valence-electron chi connectivity index (χ1n) is 7.28. The number of rotatable bonds is 4. The number of aromatic nitrogens is 2. The van der Waals surface area contributed by atoms with Crippen LogP contribution in [0.15, 0.2) is 59.6 Å². The van der Waals surface area contributed by atoms with Gasteiger partial charge in [-0.15, -0.1) is 24.0 Å². The van der Waals surface area contributed by atoms with Crippen LogP contribution in [0.5, 0.6) is 0 Å². The molecule has 6 heteroatoms. The lowest BCUT2D eigenvalue weighted by Crippen LogP contribution is -2.23.